The molecule has 0 saturated carbocycles. The van der Waals surface area contributed by atoms with Crippen LogP contribution in [0.1, 0.15) is 0 Å². The standard InChI is InChI=1S/C3H10N2Si/c6-5-2-1-4-3-5/h4H,1-3H2,6H3. The smallest absolute Gasteiger partial charge is 0.0800 e. The van der Waals surface area contributed by atoms with Gasteiger partial charge < -0.3 is 9.88 Å². The van der Waals surface area contributed by atoms with Gasteiger partial charge in [0.1, 0.15) is 0 Å². The predicted molar refractivity (Wildman–Crippen MR) is 29.5 cm³/mol. The van der Waals surface area contributed by atoms with Crippen molar-refractivity contribution >= 4 is 10.4 Å². The van der Waals surface area contributed by atoms with Crippen molar-refractivity contribution in [3.05, 3.63) is 0 Å². The third-order valence-corrected chi connectivity index (χ3v) is 1.82. The largest absolute Gasteiger partial charge is 0.319 e. The van der Waals surface area contributed by atoms with E-state index in [2.05, 4.69) is 9.88 Å². The molecule has 0 aliphatic carbocycles. The maximum Gasteiger partial charge on any atom is 0.0800 e. The highest BCUT2D eigenvalue weighted by molar-refractivity contribution is 6.04. The van der Waals surface area contributed by atoms with E-state index in [1.807, 2.05) is 0 Å². The van der Waals surface area contributed by atoms with E-state index in [0.717, 1.165) is 6.67 Å². The van der Waals surface area contributed by atoms with Crippen molar-refractivity contribution in [1.82, 2.24) is 9.88 Å². The van der Waals surface area contributed by atoms with Crippen molar-refractivity contribution in [3.63, 3.8) is 0 Å². The molecule has 1 saturated heterocycles. The highest BCUT2D eigenvalue weighted by atomic mass is 28.2. The first-order valence-electron chi connectivity index (χ1n) is 2.29. The second-order valence-electron chi connectivity index (χ2n) is 1.74. The molecule has 0 amide bonds. The molecule has 1 N–H and O–H groups in total. The summed E-state index contributed by atoms with van der Waals surface area (Å²) in [5.74, 6) is 0. The van der Waals surface area contributed by atoms with E-state index in [1.54, 1.807) is 0 Å². The lowest BCUT2D eigenvalue weighted by Crippen LogP contribution is -2.17. The van der Waals surface area contributed by atoms with Gasteiger partial charge >= 0.3 is 0 Å². The zero-order valence-electron chi connectivity index (χ0n) is 4.07. The number of rotatable bonds is 0. The van der Waals surface area contributed by atoms with Gasteiger partial charge in [0.2, 0.25) is 0 Å². The van der Waals surface area contributed by atoms with Crippen LogP contribution in [0.15, 0.2) is 0 Å². The predicted octanol–water partition coefficient (Wildman–Crippen LogP) is -1.87. The van der Waals surface area contributed by atoms with Gasteiger partial charge in [0.05, 0.1) is 10.4 Å². The lowest BCUT2D eigenvalue weighted by Gasteiger charge is -2.00. The molecule has 1 rings (SSSR count). The van der Waals surface area contributed by atoms with Crippen molar-refractivity contribution in [2.45, 2.75) is 0 Å². The Balaban J connectivity index is 2.18. The molecule has 2 nitrogen and oxygen atoms in total. The van der Waals surface area contributed by atoms with E-state index in [-0.39, 0.29) is 0 Å². The molecule has 0 aromatic carbocycles. The first kappa shape index (κ1) is 4.30. The molecule has 36 valence electrons. The summed E-state index contributed by atoms with van der Waals surface area (Å²) < 4.78 is 2.39. The molecule has 1 aliphatic rings. The monoisotopic (exact) mass is 102 g/mol. The second-order valence-corrected chi connectivity index (χ2v) is 3.00. The minimum atomic E-state index is 1.13. The van der Waals surface area contributed by atoms with Gasteiger partial charge in [-0.1, -0.05) is 0 Å². The molecular weight excluding hydrogens is 92.1 g/mol. The Morgan fingerprint density at radius 3 is 2.67 bits per heavy atom. The Morgan fingerprint density at radius 1 is 1.67 bits per heavy atom. The van der Waals surface area contributed by atoms with Crippen molar-refractivity contribution in [1.29, 1.82) is 0 Å². The number of hydrogen-bond acceptors (Lipinski definition) is 2. The molecule has 0 atom stereocenters. The molecule has 3 heteroatoms. The Kier molecular flexibility index (Phi) is 1.24. The van der Waals surface area contributed by atoms with Gasteiger partial charge in [-0.2, -0.15) is 0 Å². The summed E-state index contributed by atoms with van der Waals surface area (Å²) in [6, 6.07) is 0. The molecule has 0 spiro atoms. The van der Waals surface area contributed by atoms with E-state index in [4.69, 9.17) is 0 Å². The van der Waals surface area contributed by atoms with Crippen molar-refractivity contribution in [2.75, 3.05) is 19.8 Å². The molecule has 0 aromatic heterocycles. The van der Waals surface area contributed by atoms with Crippen LogP contribution in [-0.2, 0) is 0 Å². The summed E-state index contributed by atoms with van der Waals surface area (Å²) in [5, 5.41) is 3.23. The van der Waals surface area contributed by atoms with Crippen LogP contribution < -0.4 is 5.32 Å². The van der Waals surface area contributed by atoms with Gasteiger partial charge in [0.15, 0.2) is 0 Å². The average Bonchev–Trinajstić information content (AvgIpc) is 1.86. The highest BCUT2D eigenvalue weighted by Crippen LogP contribution is 1.81. The maximum absolute atomic E-state index is 3.23. The molecular formula is C3H10N2Si. The first-order chi connectivity index (χ1) is 2.89. The molecule has 0 unspecified atom stereocenters. The number of nitrogens with zero attached hydrogens (tertiary/aromatic N) is 1. The molecule has 0 radical (unpaired) electrons. The van der Waals surface area contributed by atoms with Crippen LogP contribution in [0.4, 0.5) is 0 Å². The summed E-state index contributed by atoms with van der Waals surface area (Å²) in [7, 11) is 1.22. The molecule has 0 bridgehead atoms. The summed E-state index contributed by atoms with van der Waals surface area (Å²) in [6.45, 7) is 3.60. The van der Waals surface area contributed by atoms with Crippen LogP contribution in [0.3, 0.4) is 0 Å². The van der Waals surface area contributed by atoms with Crippen LogP contribution >= 0.6 is 0 Å². The summed E-state index contributed by atoms with van der Waals surface area (Å²) >= 11 is 0. The van der Waals surface area contributed by atoms with E-state index in [0.29, 0.717) is 0 Å². The van der Waals surface area contributed by atoms with Crippen LogP contribution in [0.2, 0.25) is 0 Å². The van der Waals surface area contributed by atoms with E-state index < -0.39 is 0 Å². The normalized spacial score (nSPS) is 26.0. The second kappa shape index (κ2) is 1.73. The first-order valence-corrected chi connectivity index (χ1v) is 3.18. The van der Waals surface area contributed by atoms with Gasteiger partial charge in [0, 0.05) is 19.8 Å². The van der Waals surface area contributed by atoms with Gasteiger partial charge in [-0.3, -0.25) is 0 Å². The topological polar surface area (TPSA) is 15.3 Å². The van der Waals surface area contributed by atoms with Crippen LogP contribution in [0.25, 0.3) is 0 Å². The van der Waals surface area contributed by atoms with E-state index in [9.17, 15) is 0 Å². The quantitative estimate of drug-likeness (QED) is 0.360. The third-order valence-electron chi connectivity index (χ3n) is 1.05. The highest BCUT2D eigenvalue weighted by Gasteiger charge is 2.01. The van der Waals surface area contributed by atoms with Crippen molar-refractivity contribution in [3.8, 4) is 0 Å². The lowest BCUT2D eigenvalue weighted by molar-refractivity contribution is 0.555. The fraction of sp³-hybridized carbons (Fsp3) is 1.00. The average molecular weight is 102 g/mol. The fourth-order valence-corrected chi connectivity index (χ4v) is 1.07. The van der Waals surface area contributed by atoms with Gasteiger partial charge in [-0.15, -0.1) is 0 Å². The molecule has 1 aliphatic heterocycles. The minimum Gasteiger partial charge on any atom is -0.319 e. The van der Waals surface area contributed by atoms with Gasteiger partial charge in [-0.05, 0) is 0 Å². The summed E-state index contributed by atoms with van der Waals surface area (Å²) in [5.41, 5.74) is 0. The van der Waals surface area contributed by atoms with Gasteiger partial charge in [0.25, 0.3) is 0 Å². The third kappa shape index (κ3) is 0.799. The van der Waals surface area contributed by atoms with E-state index in [1.165, 1.54) is 23.5 Å². The SMILES string of the molecule is [SiH3]N1CCNC1. The molecule has 1 fully saturated rings. The minimum absolute atomic E-state index is 1.13. The zero-order chi connectivity index (χ0) is 4.41. The van der Waals surface area contributed by atoms with Crippen LogP contribution in [-0.4, -0.2) is 34.7 Å². The molecule has 0 aromatic rings. The van der Waals surface area contributed by atoms with Crippen LogP contribution in [0.5, 0.6) is 0 Å². The summed E-state index contributed by atoms with van der Waals surface area (Å²) in [4.78, 5) is 0. The zero-order valence-corrected chi connectivity index (χ0v) is 6.07. The van der Waals surface area contributed by atoms with Crippen molar-refractivity contribution in [2.24, 2.45) is 0 Å². The Labute approximate surface area is 41.0 Å². The Bertz CT molecular complexity index is 42.1. The number of hydrogen-bond donors (Lipinski definition) is 1. The Hall–Kier alpha value is 0.137. The number of nitrogens with one attached hydrogen (secondary N) is 1. The molecule has 6 heavy (non-hydrogen) atoms. The van der Waals surface area contributed by atoms with Gasteiger partial charge in [-0.25, -0.2) is 0 Å². The fourth-order valence-electron chi connectivity index (χ4n) is 0.619. The Morgan fingerprint density at radius 2 is 2.50 bits per heavy atom. The maximum atomic E-state index is 3.23. The lowest BCUT2D eigenvalue weighted by atomic mass is 10.7. The van der Waals surface area contributed by atoms with E-state index >= 15 is 0 Å². The molecule has 1 heterocycles. The van der Waals surface area contributed by atoms with Crippen molar-refractivity contribution < 1.29 is 0 Å². The van der Waals surface area contributed by atoms with Crippen LogP contribution in [0, 0.1) is 0 Å². The summed E-state index contributed by atoms with van der Waals surface area (Å²) in [6.07, 6.45) is 0.